The van der Waals surface area contributed by atoms with Crippen molar-refractivity contribution in [3.8, 4) is 0 Å². The van der Waals surface area contributed by atoms with E-state index in [1.54, 1.807) is 0 Å². The molecule has 7 heteroatoms. The monoisotopic (exact) mass is 264 g/mol. The SMILES string of the molecule is O=C1CCCCC1C(=O)OCCCS(=O)(=O)O. The van der Waals surface area contributed by atoms with Crippen molar-refractivity contribution in [2.75, 3.05) is 12.4 Å². The van der Waals surface area contributed by atoms with E-state index >= 15 is 0 Å². The molecule has 98 valence electrons. The van der Waals surface area contributed by atoms with Crippen molar-refractivity contribution in [1.29, 1.82) is 0 Å². The van der Waals surface area contributed by atoms with Gasteiger partial charge in [-0.05, 0) is 19.3 Å². The maximum absolute atomic E-state index is 11.5. The Kier molecular flexibility index (Phi) is 5.07. The van der Waals surface area contributed by atoms with Crippen LogP contribution >= 0.6 is 0 Å². The standard InChI is InChI=1S/C10H16O6S/c11-9-5-2-1-4-8(9)10(12)16-6-3-7-17(13,14)15/h8H,1-7H2,(H,13,14,15). The average Bonchev–Trinajstić information content (AvgIpc) is 2.23. The van der Waals surface area contributed by atoms with Gasteiger partial charge in [0.15, 0.2) is 0 Å². The molecule has 0 amide bonds. The summed E-state index contributed by atoms with van der Waals surface area (Å²) in [6, 6.07) is 0. The molecule has 0 heterocycles. The Hall–Kier alpha value is -0.950. The van der Waals surface area contributed by atoms with Crippen LogP contribution in [0.2, 0.25) is 0 Å². The van der Waals surface area contributed by atoms with Crippen molar-refractivity contribution in [3.05, 3.63) is 0 Å². The van der Waals surface area contributed by atoms with Crippen LogP contribution in [0.1, 0.15) is 32.1 Å². The Balaban J connectivity index is 2.27. The van der Waals surface area contributed by atoms with Crippen LogP contribution in [0.15, 0.2) is 0 Å². The molecule has 0 saturated heterocycles. The molecule has 1 aliphatic rings. The number of carbonyl (C=O) groups is 2. The molecule has 1 N–H and O–H groups in total. The first-order valence-corrected chi connectivity index (χ1v) is 7.15. The van der Waals surface area contributed by atoms with Gasteiger partial charge in [-0.25, -0.2) is 0 Å². The maximum Gasteiger partial charge on any atom is 0.316 e. The fourth-order valence-electron chi connectivity index (χ4n) is 1.75. The molecule has 1 aliphatic carbocycles. The molecule has 0 bridgehead atoms. The van der Waals surface area contributed by atoms with Gasteiger partial charge in [0.2, 0.25) is 0 Å². The Labute approximate surface area is 100 Å². The minimum absolute atomic E-state index is 0.0332. The lowest BCUT2D eigenvalue weighted by Gasteiger charge is -2.18. The molecule has 0 aromatic carbocycles. The fraction of sp³-hybridized carbons (Fsp3) is 0.800. The highest BCUT2D eigenvalue weighted by atomic mass is 32.2. The normalized spacial score (nSPS) is 21.2. The molecular formula is C10H16O6S. The maximum atomic E-state index is 11.5. The Morgan fingerprint density at radius 2 is 2.12 bits per heavy atom. The third-order valence-corrected chi connectivity index (χ3v) is 3.43. The zero-order chi connectivity index (χ0) is 12.9. The first-order valence-electron chi connectivity index (χ1n) is 5.54. The zero-order valence-electron chi connectivity index (χ0n) is 9.42. The summed E-state index contributed by atoms with van der Waals surface area (Å²) in [7, 11) is -4.02. The summed E-state index contributed by atoms with van der Waals surface area (Å²) < 4.78 is 34.0. The van der Waals surface area contributed by atoms with E-state index in [0.29, 0.717) is 12.8 Å². The molecule has 1 saturated carbocycles. The highest BCUT2D eigenvalue weighted by Crippen LogP contribution is 2.21. The Bertz CT molecular complexity index is 386. The molecule has 1 fully saturated rings. The quantitative estimate of drug-likeness (QED) is 0.337. The van der Waals surface area contributed by atoms with E-state index in [-0.39, 0.29) is 18.8 Å². The lowest BCUT2D eigenvalue weighted by molar-refractivity contribution is -0.153. The summed E-state index contributed by atoms with van der Waals surface area (Å²) >= 11 is 0. The largest absolute Gasteiger partial charge is 0.465 e. The Morgan fingerprint density at radius 1 is 1.41 bits per heavy atom. The minimum Gasteiger partial charge on any atom is -0.465 e. The molecule has 1 atom stereocenters. The van der Waals surface area contributed by atoms with Gasteiger partial charge >= 0.3 is 5.97 Å². The van der Waals surface area contributed by atoms with Crippen molar-refractivity contribution >= 4 is 21.9 Å². The van der Waals surface area contributed by atoms with Crippen molar-refractivity contribution in [1.82, 2.24) is 0 Å². The van der Waals surface area contributed by atoms with Crippen molar-refractivity contribution < 1.29 is 27.3 Å². The zero-order valence-corrected chi connectivity index (χ0v) is 10.2. The van der Waals surface area contributed by atoms with Crippen LogP contribution in [0, 0.1) is 5.92 Å². The number of esters is 1. The first-order chi connectivity index (χ1) is 7.90. The summed E-state index contributed by atoms with van der Waals surface area (Å²) in [4.78, 5) is 22.9. The summed E-state index contributed by atoms with van der Waals surface area (Å²) in [6.45, 7) is -0.0948. The van der Waals surface area contributed by atoms with Crippen molar-refractivity contribution in [2.24, 2.45) is 5.92 Å². The van der Waals surface area contributed by atoms with Crippen LogP contribution < -0.4 is 0 Å². The molecule has 1 rings (SSSR count). The molecular weight excluding hydrogens is 248 g/mol. The third-order valence-electron chi connectivity index (χ3n) is 2.63. The van der Waals surface area contributed by atoms with Crippen LogP contribution in [-0.2, 0) is 24.4 Å². The number of ether oxygens (including phenoxy) is 1. The lowest BCUT2D eigenvalue weighted by atomic mass is 9.88. The summed E-state index contributed by atoms with van der Waals surface area (Å²) in [6.07, 6.45) is 2.59. The fourth-order valence-corrected chi connectivity index (χ4v) is 2.23. The van der Waals surface area contributed by atoms with E-state index in [0.717, 1.165) is 12.8 Å². The first kappa shape index (κ1) is 14.1. The van der Waals surface area contributed by atoms with Crippen molar-refractivity contribution in [2.45, 2.75) is 32.1 Å². The second-order valence-corrected chi connectivity index (χ2v) is 5.64. The van der Waals surface area contributed by atoms with E-state index in [1.807, 2.05) is 0 Å². The lowest BCUT2D eigenvalue weighted by Crippen LogP contribution is -2.29. The van der Waals surface area contributed by atoms with E-state index < -0.39 is 27.8 Å². The van der Waals surface area contributed by atoms with E-state index in [9.17, 15) is 18.0 Å². The summed E-state index contributed by atoms with van der Waals surface area (Å²) in [5, 5.41) is 0. The van der Waals surface area contributed by atoms with Gasteiger partial charge in [-0.1, -0.05) is 6.42 Å². The number of carbonyl (C=O) groups excluding carboxylic acids is 2. The Morgan fingerprint density at radius 3 is 2.71 bits per heavy atom. The molecule has 0 radical (unpaired) electrons. The number of hydrogen-bond acceptors (Lipinski definition) is 5. The molecule has 6 nitrogen and oxygen atoms in total. The molecule has 17 heavy (non-hydrogen) atoms. The molecule has 0 aromatic rings. The number of hydrogen-bond donors (Lipinski definition) is 1. The van der Waals surface area contributed by atoms with Gasteiger partial charge in [-0.2, -0.15) is 8.42 Å². The van der Waals surface area contributed by atoms with Gasteiger partial charge in [-0.3, -0.25) is 14.1 Å². The van der Waals surface area contributed by atoms with Crippen LogP contribution in [0.25, 0.3) is 0 Å². The van der Waals surface area contributed by atoms with Crippen LogP contribution in [0.3, 0.4) is 0 Å². The van der Waals surface area contributed by atoms with E-state index in [4.69, 9.17) is 9.29 Å². The second-order valence-electron chi connectivity index (χ2n) is 4.07. The van der Waals surface area contributed by atoms with Crippen LogP contribution in [0.5, 0.6) is 0 Å². The summed E-state index contributed by atoms with van der Waals surface area (Å²) in [5.41, 5.74) is 0. The second kappa shape index (κ2) is 6.11. The van der Waals surface area contributed by atoms with E-state index in [1.165, 1.54) is 0 Å². The van der Waals surface area contributed by atoms with Gasteiger partial charge in [0.25, 0.3) is 10.1 Å². The predicted molar refractivity (Wildman–Crippen MR) is 59.0 cm³/mol. The smallest absolute Gasteiger partial charge is 0.316 e. The molecule has 0 spiro atoms. The summed E-state index contributed by atoms with van der Waals surface area (Å²) in [5.74, 6) is -1.81. The molecule has 0 aromatic heterocycles. The van der Waals surface area contributed by atoms with Gasteiger partial charge in [0, 0.05) is 6.42 Å². The van der Waals surface area contributed by atoms with E-state index in [2.05, 4.69) is 0 Å². The topological polar surface area (TPSA) is 97.7 Å². The highest BCUT2D eigenvalue weighted by molar-refractivity contribution is 7.85. The third kappa shape index (κ3) is 5.27. The van der Waals surface area contributed by atoms with Gasteiger partial charge in [0.05, 0.1) is 12.4 Å². The molecule has 0 aliphatic heterocycles. The number of rotatable bonds is 5. The van der Waals surface area contributed by atoms with Crippen LogP contribution in [-0.4, -0.2) is 37.1 Å². The minimum atomic E-state index is -4.02. The number of ketones is 1. The van der Waals surface area contributed by atoms with Crippen molar-refractivity contribution in [3.63, 3.8) is 0 Å². The molecule has 1 unspecified atom stereocenters. The number of Topliss-reactive ketones (excluding diaryl/α,β-unsaturated/α-hetero) is 1. The van der Waals surface area contributed by atoms with Gasteiger partial charge < -0.3 is 4.74 Å². The highest BCUT2D eigenvalue weighted by Gasteiger charge is 2.30. The van der Waals surface area contributed by atoms with Crippen LogP contribution in [0.4, 0.5) is 0 Å². The predicted octanol–water partition coefficient (Wildman–Crippen LogP) is 0.567. The van der Waals surface area contributed by atoms with Gasteiger partial charge in [-0.15, -0.1) is 0 Å². The average molecular weight is 264 g/mol. The van der Waals surface area contributed by atoms with Gasteiger partial charge in [0.1, 0.15) is 11.7 Å².